The lowest BCUT2D eigenvalue weighted by molar-refractivity contribution is -0.121. The number of rotatable bonds is 3. The molecule has 7 heteroatoms. The van der Waals surface area contributed by atoms with Gasteiger partial charge >= 0.3 is 0 Å². The van der Waals surface area contributed by atoms with Gasteiger partial charge in [0, 0.05) is 36.0 Å². The molecule has 0 bridgehead atoms. The summed E-state index contributed by atoms with van der Waals surface area (Å²) in [6.07, 6.45) is 3.38. The topological polar surface area (TPSA) is 87.6 Å². The predicted octanol–water partition coefficient (Wildman–Crippen LogP) is 3.16. The van der Waals surface area contributed by atoms with E-state index in [1.165, 1.54) is 4.57 Å². The van der Waals surface area contributed by atoms with Crippen LogP contribution in [0.2, 0.25) is 0 Å². The second-order valence-electron chi connectivity index (χ2n) is 7.29. The van der Waals surface area contributed by atoms with Crippen molar-refractivity contribution >= 4 is 22.5 Å². The number of aromatic nitrogens is 2. The standard InChI is InChI=1S/C23H19N3O4/c1-25-12-17(15-9-10-24-20(15)23(25)29)16-7-8-18-21(22(16)28)26(19(27)13-30-18)11-14-5-3-2-4-6-14/h2-10,12,24,28H,11,13H2,1H3. The highest BCUT2D eigenvalue weighted by Gasteiger charge is 2.30. The second kappa shape index (κ2) is 6.81. The minimum absolute atomic E-state index is 0.0577. The molecule has 3 heterocycles. The van der Waals surface area contributed by atoms with Crippen LogP contribution in [0.25, 0.3) is 22.0 Å². The number of H-pyrrole nitrogens is 1. The Balaban J connectivity index is 1.70. The zero-order valence-corrected chi connectivity index (χ0v) is 16.3. The molecule has 5 rings (SSSR count). The molecular weight excluding hydrogens is 382 g/mol. The van der Waals surface area contributed by atoms with Gasteiger partial charge in [-0.3, -0.25) is 14.5 Å². The number of aromatic amines is 1. The molecule has 7 nitrogen and oxygen atoms in total. The third-order valence-electron chi connectivity index (χ3n) is 5.40. The molecule has 0 radical (unpaired) electrons. The van der Waals surface area contributed by atoms with Crippen LogP contribution in [0.5, 0.6) is 11.5 Å². The van der Waals surface area contributed by atoms with Crippen LogP contribution in [0.1, 0.15) is 5.56 Å². The fourth-order valence-corrected chi connectivity index (χ4v) is 3.91. The van der Waals surface area contributed by atoms with Crippen LogP contribution in [-0.4, -0.2) is 27.2 Å². The Bertz CT molecular complexity index is 1340. The molecule has 0 unspecified atom stereocenters. The number of carbonyl (C=O) groups excluding carboxylic acids is 1. The molecule has 0 atom stereocenters. The van der Waals surface area contributed by atoms with Crippen molar-refractivity contribution < 1.29 is 14.6 Å². The zero-order chi connectivity index (χ0) is 20.8. The first-order chi connectivity index (χ1) is 14.5. The number of nitrogens with one attached hydrogen (secondary N) is 1. The maximum atomic E-state index is 12.7. The zero-order valence-electron chi connectivity index (χ0n) is 16.3. The van der Waals surface area contributed by atoms with Crippen LogP contribution in [0, 0.1) is 0 Å². The van der Waals surface area contributed by atoms with E-state index in [0.29, 0.717) is 40.0 Å². The summed E-state index contributed by atoms with van der Waals surface area (Å²) < 4.78 is 7.05. The van der Waals surface area contributed by atoms with Gasteiger partial charge in [0.1, 0.15) is 17.0 Å². The van der Waals surface area contributed by atoms with E-state index in [1.54, 1.807) is 42.5 Å². The predicted molar refractivity (Wildman–Crippen MR) is 114 cm³/mol. The van der Waals surface area contributed by atoms with Crippen LogP contribution in [0.15, 0.2) is 65.7 Å². The molecule has 1 aliphatic rings. The molecule has 0 fully saturated rings. The molecule has 1 aliphatic heterocycles. The molecule has 0 aliphatic carbocycles. The highest BCUT2D eigenvalue weighted by molar-refractivity contribution is 6.03. The van der Waals surface area contributed by atoms with Gasteiger partial charge in [0.25, 0.3) is 11.5 Å². The molecule has 2 N–H and O–H groups in total. The van der Waals surface area contributed by atoms with Gasteiger partial charge in [-0.25, -0.2) is 0 Å². The van der Waals surface area contributed by atoms with Gasteiger partial charge in [-0.2, -0.15) is 0 Å². The lowest BCUT2D eigenvalue weighted by Crippen LogP contribution is -2.38. The molecule has 2 aromatic heterocycles. The summed E-state index contributed by atoms with van der Waals surface area (Å²) in [6.45, 7) is 0.237. The van der Waals surface area contributed by atoms with Gasteiger partial charge in [0.05, 0.1) is 6.54 Å². The third kappa shape index (κ3) is 2.75. The van der Waals surface area contributed by atoms with Crippen LogP contribution in [-0.2, 0) is 18.4 Å². The lowest BCUT2D eigenvalue weighted by Gasteiger charge is -2.31. The van der Waals surface area contributed by atoms with E-state index in [4.69, 9.17) is 4.74 Å². The largest absolute Gasteiger partial charge is 0.505 e. The van der Waals surface area contributed by atoms with Crippen LogP contribution in [0.3, 0.4) is 0 Å². The van der Waals surface area contributed by atoms with Crippen LogP contribution < -0.4 is 15.2 Å². The summed E-state index contributed by atoms with van der Waals surface area (Å²) in [5.41, 5.74) is 2.79. The van der Waals surface area contributed by atoms with Crippen molar-refractivity contribution in [3.8, 4) is 22.6 Å². The first kappa shape index (κ1) is 18.1. The number of phenols is 1. The molecule has 0 saturated carbocycles. The monoisotopic (exact) mass is 401 g/mol. The van der Waals surface area contributed by atoms with E-state index >= 15 is 0 Å². The lowest BCUT2D eigenvalue weighted by atomic mass is 10.0. The maximum Gasteiger partial charge on any atom is 0.274 e. The van der Waals surface area contributed by atoms with Crippen molar-refractivity contribution in [1.29, 1.82) is 0 Å². The van der Waals surface area contributed by atoms with Gasteiger partial charge < -0.3 is 19.4 Å². The summed E-state index contributed by atoms with van der Waals surface area (Å²) in [7, 11) is 1.66. The number of benzene rings is 2. The van der Waals surface area contributed by atoms with E-state index in [2.05, 4.69) is 4.98 Å². The number of aromatic hydroxyl groups is 1. The molecule has 0 saturated heterocycles. The van der Waals surface area contributed by atoms with Crippen molar-refractivity contribution in [2.45, 2.75) is 6.54 Å². The van der Waals surface area contributed by atoms with Gasteiger partial charge in [-0.05, 0) is 23.8 Å². The van der Waals surface area contributed by atoms with Gasteiger partial charge in [0.15, 0.2) is 12.4 Å². The molecule has 1 amide bonds. The Morgan fingerprint density at radius 3 is 2.67 bits per heavy atom. The van der Waals surface area contributed by atoms with Crippen molar-refractivity contribution in [3.63, 3.8) is 0 Å². The van der Waals surface area contributed by atoms with Gasteiger partial charge in [0.2, 0.25) is 0 Å². The summed E-state index contributed by atoms with van der Waals surface area (Å²) >= 11 is 0. The minimum atomic E-state index is -0.231. The number of hydrogen-bond donors (Lipinski definition) is 2. The smallest absolute Gasteiger partial charge is 0.274 e. The third-order valence-corrected chi connectivity index (χ3v) is 5.40. The molecule has 2 aromatic carbocycles. The Labute approximate surface area is 171 Å². The second-order valence-corrected chi connectivity index (χ2v) is 7.29. The number of aryl methyl sites for hydroxylation is 1. The summed E-state index contributed by atoms with van der Waals surface area (Å²) in [5.74, 6) is 0.158. The molecule has 4 aromatic rings. The van der Waals surface area contributed by atoms with Gasteiger partial charge in [-0.1, -0.05) is 30.3 Å². The number of pyridine rings is 1. The summed E-state index contributed by atoms with van der Waals surface area (Å²) in [4.78, 5) is 29.6. The summed E-state index contributed by atoms with van der Waals surface area (Å²) in [5, 5.41) is 11.9. The number of carbonyl (C=O) groups is 1. The first-order valence-electron chi connectivity index (χ1n) is 9.54. The molecule has 150 valence electrons. The Hall–Kier alpha value is -4.00. The Morgan fingerprint density at radius 1 is 1.07 bits per heavy atom. The van der Waals surface area contributed by atoms with E-state index in [-0.39, 0.29) is 23.8 Å². The number of ether oxygens (including phenoxy) is 1. The van der Waals surface area contributed by atoms with Crippen molar-refractivity contribution in [2.24, 2.45) is 7.05 Å². The maximum absolute atomic E-state index is 12.7. The fourth-order valence-electron chi connectivity index (χ4n) is 3.91. The number of anilines is 1. The van der Waals surface area contributed by atoms with Gasteiger partial charge in [-0.15, -0.1) is 0 Å². The van der Waals surface area contributed by atoms with E-state index in [1.807, 2.05) is 30.3 Å². The highest BCUT2D eigenvalue weighted by Crippen LogP contribution is 2.47. The number of fused-ring (bicyclic) bond motifs is 2. The fraction of sp³-hybridized carbons (Fsp3) is 0.130. The number of nitrogens with zero attached hydrogens (tertiary/aromatic N) is 2. The van der Waals surface area contributed by atoms with Crippen molar-refractivity contribution in [1.82, 2.24) is 9.55 Å². The average molecular weight is 401 g/mol. The van der Waals surface area contributed by atoms with Crippen LogP contribution >= 0.6 is 0 Å². The minimum Gasteiger partial charge on any atom is -0.505 e. The number of amides is 1. The van der Waals surface area contributed by atoms with E-state index in [0.717, 1.165) is 5.56 Å². The normalized spacial score (nSPS) is 13.4. The Morgan fingerprint density at radius 2 is 1.87 bits per heavy atom. The number of hydrogen-bond acceptors (Lipinski definition) is 4. The van der Waals surface area contributed by atoms with E-state index < -0.39 is 0 Å². The Kier molecular flexibility index (Phi) is 4.10. The highest BCUT2D eigenvalue weighted by atomic mass is 16.5. The molecule has 30 heavy (non-hydrogen) atoms. The average Bonchev–Trinajstić information content (AvgIpc) is 3.24. The SMILES string of the molecule is Cn1cc(-c2ccc3c(c2O)N(Cc2ccccc2)C(=O)CO3)c2cc[nH]c2c1=O. The van der Waals surface area contributed by atoms with E-state index in [9.17, 15) is 14.7 Å². The molecule has 0 spiro atoms. The van der Waals surface area contributed by atoms with Crippen molar-refractivity contribution in [2.75, 3.05) is 11.5 Å². The molecular formula is C23H19N3O4. The number of phenolic OH excluding ortho intramolecular Hbond substituents is 1. The quantitative estimate of drug-likeness (QED) is 0.552. The summed E-state index contributed by atoms with van der Waals surface area (Å²) in [6, 6.07) is 14.9. The first-order valence-corrected chi connectivity index (χ1v) is 9.54. The van der Waals surface area contributed by atoms with Crippen LogP contribution in [0.4, 0.5) is 5.69 Å². The van der Waals surface area contributed by atoms with Crippen molar-refractivity contribution in [3.05, 3.63) is 76.8 Å².